The van der Waals surface area contributed by atoms with E-state index in [4.69, 9.17) is 4.42 Å². The largest absolute Gasteiger partial charge is 0.464 e. The van der Waals surface area contributed by atoms with Crippen LogP contribution in [0.3, 0.4) is 0 Å². The monoisotopic (exact) mass is 259 g/mol. The molecule has 19 heavy (non-hydrogen) atoms. The molecule has 0 amide bonds. The summed E-state index contributed by atoms with van der Waals surface area (Å²) in [4.78, 5) is 2.34. The number of anilines is 1. The molecule has 1 unspecified atom stereocenters. The van der Waals surface area contributed by atoms with Gasteiger partial charge >= 0.3 is 0 Å². The van der Waals surface area contributed by atoms with Crippen molar-refractivity contribution in [1.82, 2.24) is 0 Å². The summed E-state index contributed by atoms with van der Waals surface area (Å²) in [7, 11) is 0. The predicted octanol–water partition coefficient (Wildman–Crippen LogP) is 4.32. The number of nitrogens with zero attached hydrogens (tertiary/aromatic N) is 1. The van der Waals surface area contributed by atoms with Gasteiger partial charge in [0.1, 0.15) is 11.6 Å². The van der Waals surface area contributed by atoms with E-state index < -0.39 is 0 Å². The molecule has 0 spiro atoms. The molecule has 1 aromatic heterocycles. The average molecular weight is 259 g/mol. The highest BCUT2D eigenvalue weighted by Crippen LogP contribution is 2.34. The highest BCUT2D eigenvalue weighted by Gasteiger charge is 2.20. The molecule has 1 aliphatic rings. The van der Waals surface area contributed by atoms with Crippen LogP contribution in [0.25, 0.3) is 11.3 Å². The van der Waals surface area contributed by atoms with Crippen LogP contribution in [0.1, 0.15) is 19.8 Å². The molecule has 3 heteroatoms. The Morgan fingerprint density at radius 2 is 2.21 bits per heavy atom. The molecule has 1 aromatic carbocycles. The summed E-state index contributed by atoms with van der Waals surface area (Å²) in [5, 5.41) is 0. The van der Waals surface area contributed by atoms with Crippen molar-refractivity contribution in [1.29, 1.82) is 0 Å². The topological polar surface area (TPSA) is 16.4 Å². The molecule has 1 aliphatic heterocycles. The molecule has 0 saturated carbocycles. The van der Waals surface area contributed by atoms with Crippen LogP contribution in [0.5, 0.6) is 0 Å². The number of hydrogen-bond donors (Lipinski definition) is 0. The van der Waals surface area contributed by atoms with E-state index in [0.717, 1.165) is 30.1 Å². The number of hydrogen-bond acceptors (Lipinski definition) is 2. The number of furan rings is 1. The fourth-order valence-corrected chi connectivity index (χ4v) is 2.82. The average Bonchev–Trinajstić information content (AvgIpc) is 2.92. The molecule has 2 nitrogen and oxygen atoms in total. The Morgan fingerprint density at radius 1 is 1.32 bits per heavy atom. The normalized spacial score (nSPS) is 19.7. The van der Waals surface area contributed by atoms with Crippen molar-refractivity contribution in [2.24, 2.45) is 5.92 Å². The van der Waals surface area contributed by atoms with Crippen LogP contribution in [0.2, 0.25) is 0 Å². The summed E-state index contributed by atoms with van der Waals surface area (Å²) in [5.41, 5.74) is 1.92. The first-order valence-corrected chi connectivity index (χ1v) is 6.82. The van der Waals surface area contributed by atoms with E-state index in [9.17, 15) is 4.39 Å². The van der Waals surface area contributed by atoms with Crippen molar-refractivity contribution in [3.8, 4) is 11.3 Å². The van der Waals surface area contributed by atoms with Crippen LogP contribution < -0.4 is 4.90 Å². The molecule has 1 atom stereocenters. The minimum Gasteiger partial charge on any atom is -0.464 e. The lowest BCUT2D eigenvalue weighted by Gasteiger charge is -2.33. The van der Waals surface area contributed by atoms with E-state index in [1.807, 2.05) is 18.2 Å². The van der Waals surface area contributed by atoms with Crippen LogP contribution in [-0.2, 0) is 0 Å². The lowest BCUT2D eigenvalue weighted by Crippen LogP contribution is -2.34. The molecule has 0 bridgehead atoms. The summed E-state index contributed by atoms with van der Waals surface area (Å²) in [6, 6.07) is 8.67. The van der Waals surface area contributed by atoms with Gasteiger partial charge in [-0.2, -0.15) is 0 Å². The molecule has 0 N–H and O–H groups in total. The zero-order valence-corrected chi connectivity index (χ0v) is 11.1. The first-order valence-electron chi connectivity index (χ1n) is 6.82. The van der Waals surface area contributed by atoms with Crippen LogP contribution in [0.15, 0.2) is 41.0 Å². The van der Waals surface area contributed by atoms with Gasteiger partial charge in [0.15, 0.2) is 0 Å². The molecule has 100 valence electrons. The SMILES string of the molecule is CC1CCCN(c2ccc(F)cc2-c2ccco2)C1. The van der Waals surface area contributed by atoms with Gasteiger partial charge < -0.3 is 9.32 Å². The van der Waals surface area contributed by atoms with E-state index in [-0.39, 0.29) is 5.82 Å². The van der Waals surface area contributed by atoms with Gasteiger partial charge in [-0.1, -0.05) is 6.92 Å². The maximum absolute atomic E-state index is 13.5. The summed E-state index contributed by atoms with van der Waals surface area (Å²) >= 11 is 0. The molecular weight excluding hydrogens is 241 g/mol. The number of halogens is 1. The van der Waals surface area contributed by atoms with Gasteiger partial charge in [0, 0.05) is 24.3 Å². The summed E-state index contributed by atoms with van der Waals surface area (Å²) in [6.07, 6.45) is 4.09. The molecular formula is C16H18FNO. The van der Waals surface area contributed by atoms with Gasteiger partial charge in [0.2, 0.25) is 0 Å². The van der Waals surface area contributed by atoms with Crippen molar-refractivity contribution in [2.45, 2.75) is 19.8 Å². The van der Waals surface area contributed by atoms with E-state index in [0.29, 0.717) is 5.92 Å². The minimum absolute atomic E-state index is 0.222. The first-order chi connectivity index (χ1) is 9.24. The Morgan fingerprint density at radius 3 is 2.95 bits per heavy atom. The van der Waals surface area contributed by atoms with Crippen LogP contribution in [0.4, 0.5) is 10.1 Å². The van der Waals surface area contributed by atoms with Gasteiger partial charge in [-0.25, -0.2) is 4.39 Å². The van der Waals surface area contributed by atoms with Crippen LogP contribution in [-0.4, -0.2) is 13.1 Å². The Bertz CT molecular complexity index is 550. The van der Waals surface area contributed by atoms with Gasteiger partial charge in [-0.15, -0.1) is 0 Å². The molecule has 1 fully saturated rings. The van der Waals surface area contributed by atoms with E-state index in [1.165, 1.54) is 18.9 Å². The zero-order valence-electron chi connectivity index (χ0n) is 11.1. The van der Waals surface area contributed by atoms with Crippen molar-refractivity contribution in [3.05, 3.63) is 42.4 Å². The van der Waals surface area contributed by atoms with Crippen molar-refractivity contribution in [3.63, 3.8) is 0 Å². The molecule has 1 saturated heterocycles. The maximum Gasteiger partial charge on any atom is 0.136 e. The lowest BCUT2D eigenvalue weighted by atomic mass is 9.98. The number of rotatable bonds is 2. The highest BCUT2D eigenvalue weighted by molar-refractivity contribution is 5.75. The number of piperidine rings is 1. The third kappa shape index (κ3) is 2.50. The fraction of sp³-hybridized carbons (Fsp3) is 0.375. The van der Waals surface area contributed by atoms with Crippen molar-refractivity contribution >= 4 is 5.69 Å². The molecule has 3 rings (SSSR count). The summed E-state index contributed by atoms with van der Waals surface area (Å²) < 4.78 is 19.0. The molecule has 0 radical (unpaired) electrons. The first kappa shape index (κ1) is 12.3. The third-order valence-corrected chi connectivity index (χ3v) is 3.74. The van der Waals surface area contributed by atoms with Crippen LogP contribution in [0, 0.1) is 11.7 Å². The van der Waals surface area contributed by atoms with Gasteiger partial charge in [-0.05, 0) is 49.1 Å². The van der Waals surface area contributed by atoms with Gasteiger partial charge in [-0.3, -0.25) is 0 Å². The van der Waals surface area contributed by atoms with E-state index in [2.05, 4.69) is 11.8 Å². The van der Waals surface area contributed by atoms with Crippen molar-refractivity contribution < 1.29 is 8.81 Å². The van der Waals surface area contributed by atoms with Crippen molar-refractivity contribution in [2.75, 3.05) is 18.0 Å². The minimum atomic E-state index is -0.222. The third-order valence-electron chi connectivity index (χ3n) is 3.74. The Labute approximate surface area is 112 Å². The Hall–Kier alpha value is -1.77. The quantitative estimate of drug-likeness (QED) is 0.798. The van der Waals surface area contributed by atoms with Gasteiger partial charge in [0.25, 0.3) is 0 Å². The smallest absolute Gasteiger partial charge is 0.136 e. The predicted molar refractivity (Wildman–Crippen MR) is 74.7 cm³/mol. The molecule has 2 aromatic rings. The second-order valence-electron chi connectivity index (χ2n) is 5.33. The lowest BCUT2D eigenvalue weighted by molar-refractivity contribution is 0.446. The second kappa shape index (κ2) is 5.08. The maximum atomic E-state index is 13.5. The van der Waals surface area contributed by atoms with E-state index in [1.54, 1.807) is 12.3 Å². The number of benzene rings is 1. The van der Waals surface area contributed by atoms with Gasteiger partial charge in [0.05, 0.1) is 6.26 Å². The standard InChI is InChI=1S/C16H18FNO/c1-12-4-2-8-18(11-12)15-7-6-13(17)10-14(15)16-5-3-9-19-16/h3,5-7,9-10,12H,2,4,8,11H2,1H3. The van der Waals surface area contributed by atoms with E-state index >= 15 is 0 Å². The Balaban J connectivity index is 2.01. The summed E-state index contributed by atoms with van der Waals surface area (Å²) in [5.74, 6) is 1.19. The summed E-state index contributed by atoms with van der Waals surface area (Å²) in [6.45, 7) is 4.32. The molecule has 2 heterocycles. The fourth-order valence-electron chi connectivity index (χ4n) is 2.82. The zero-order chi connectivity index (χ0) is 13.2. The Kier molecular flexibility index (Phi) is 3.28. The second-order valence-corrected chi connectivity index (χ2v) is 5.33. The molecule has 0 aliphatic carbocycles. The van der Waals surface area contributed by atoms with Crippen LogP contribution >= 0.6 is 0 Å². The highest BCUT2D eigenvalue weighted by atomic mass is 19.1.